The number of carboxylic acids is 1. The number of rotatable bonds is 36. The summed E-state index contributed by atoms with van der Waals surface area (Å²) in [5, 5.41) is 38.7. The monoisotopic (exact) mass is 711 g/mol. The Morgan fingerprint density at radius 1 is 0.660 bits per heavy atom. The Bertz CT molecular complexity index is 818. The van der Waals surface area contributed by atoms with Crippen LogP contribution in [0.3, 0.4) is 0 Å². The predicted octanol–water partition coefficient (Wildman–Crippen LogP) is 9.99. The number of unbranched alkanes of at least 4 members (excludes halogenated alkanes) is 24. The van der Waals surface area contributed by atoms with Crippen LogP contribution >= 0.6 is 0 Å². The number of ether oxygens (including phenoxy) is 2. The van der Waals surface area contributed by atoms with Crippen LogP contribution < -0.4 is 0 Å². The van der Waals surface area contributed by atoms with Gasteiger partial charge in [0.1, 0.15) is 18.3 Å². The van der Waals surface area contributed by atoms with E-state index in [2.05, 4.69) is 19.1 Å². The maximum Gasteiger partial charge on any atom is 0.309 e. The van der Waals surface area contributed by atoms with Crippen molar-refractivity contribution in [3.05, 3.63) is 12.2 Å². The van der Waals surface area contributed by atoms with Gasteiger partial charge in [-0.25, -0.2) is 0 Å². The summed E-state index contributed by atoms with van der Waals surface area (Å²) in [5.74, 6) is -1.24. The summed E-state index contributed by atoms with van der Waals surface area (Å²) >= 11 is 0. The summed E-state index contributed by atoms with van der Waals surface area (Å²) in [4.78, 5) is 23.8. The van der Waals surface area contributed by atoms with Gasteiger partial charge < -0.3 is 29.9 Å². The van der Waals surface area contributed by atoms with Crippen LogP contribution in [0.4, 0.5) is 0 Å². The summed E-state index contributed by atoms with van der Waals surface area (Å²) in [7, 11) is 0. The number of carboxylic acid groups (broad SMARTS) is 1. The number of carbonyl (C=O) groups is 2. The predicted molar refractivity (Wildman–Crippen MR) is 203 cm³/mol. The van der Waals surface area contributed by atoms with E-state index in [9.17, 15) is 24.9 Å². The highest BCUT2D eigenvalue weighted by molar-refractivity contribution is 5.72. The first-order valence-electron chi connectivity index (χ1n) is 21.1. The van der Waals surface area contributed by atoms with Crippen molar-refractivity contribution in [2.75, 3.05) is 13.2 Å². The third-order valence-electron chi connectivity index (χ3n) is 10.3. The largest absolute Gasteiger partial charge is 0.481 e. The lowest BCUT2D eigenvalue weighted by Crippen LogP contribution is -2.43. The molecule has 4 N–H and O–H groups in total. The van der Waals surface area contributed by atoms with Gasteiger partial charge in [-0.3, -0.25) is 9.59 Å². The molecule has 1 saturated heterocycles. The van der Waals surface area contributed by atoms with Crippen molar-refractivity contribution in [3.63, 3.8) is 0 Å². The summed E-state index contributed by atoms with van der Waals surface area (Å²) in [5.41, 5.74) is 0. The smallest absolute Gasteiger partial charge is 0.309 e. The molecule has 1 aliphatic rings. The molecule has 0 saturated carbocycles. The molecule has 0 aromatic rings. The van der Waals surface area contributed by atoms with Crippen LogP contribution in [0.25, 0.3) is 0 Å². The highest BCUT2D eigenvalue weighted by Crippen LogP contribution is 2.25. The SMILES string of the molecule is CCCCCCCCCCCCCCCCC(CCCCCCCCC=CCCCCCCCC(=O)O)C(=O)O[C@H](CO)[C@H]1OC[C@H](O)[C@H]1O. The molecule has 0 bridgehead atoms. The number of allylic oxidation sites excluding steroid dienone is 2. The fourth-order valence-electron chi connectivity index (χ4n) is 7.04. The molecule has 1 unspecified atom stereocenters. The number of aliphatic carboxylic acids is 1. The molecule has 1 rings (SSSR count). The van der Waals surface area contributed by atoms with Crippen LogP contribution in [-0.4, -0.2) is 70.0 Å². The van der Waals surface area contributed by atoms with Crippen molar-refractivity contribution in [2.45, 2.75) is 224 Å². The molecule has 294 valence electrons. The lowest BCUT2D eigenvalue weighted by atomic mass is 9.93. The summed E-state index contributed by atoms with van der Waals surface area (Å²) < 4.78 is 11.2. The summed E-state index contributed by atoms with van der Waals surface area (Å²) in [6.07, 6.45) is 34.8. The zero-order chi connectivity index (χ0) is 36.5. The molecule has 1 fully saturated rings. The highest BCUT2D eigenvalue weighted by Gasteiger charge is 2.42. The third-order valence-corrected chi connectivity index (χ3v) is 10.3. The number of aliphatic hydroxyl groups excluding tert-OH is 3. The Hall–Kier alpha value is -1.48. The first-order chi connectivity index (χ1) is 24.4. The number of carbonyl (C=O) groups excluding carboxylic acids is 1. The minimum Gasteiger partial charge on any atom is -0.481 e. The van der Waals surface area contributed by atoms with Crippen LogP contribution in [0.2, 0.25) is 0 Å². The van der Waals surface area contributed by atoms with Crippen LogP contribution in [0.15, 0.2) is 12.2 Å². The van der Waals surface area contributed by atoms with Crippen molar-refractivity contribution >= 4 is 11.9 Å². The maximum absolute atomic E-state index is 13.3. The molecule has 0 aromatic carbocycles. The van der Waals surface area contributed by atoms with Gasteiger partial charge in [-0.2, -0.15) is 0 Å². The fourth-order valence-corrected chi connectivity index (χ4v) is 7.04. The molecule has 0 radical (unpaired) electrons. The van der Waals surface area contributed by atoms with E-state index < -0.39 is 37.0 Å². The third kappa shape index (κ3) is 25.5. The van der Waals surface area contributed by atoms with Gasteiger partial charge in [0.25, 0.3) is 0 Å². The first-order valence-corrected chi connectivity index (χ1v) is 21.1. The van der Waals surface area contributed by atoms with Crippen molar-refractivity contribution in [1.82, 2.24) is 0 Å². The molecule has 0 spiro atoms. The van der Waals surface area contributed by atoms with Gasteiger partial charge >= 0.3 is 11.9 Å². The first kappa shape index (κ1) is 46.5. The Balaban J connectivity index is 2.25. The molecule has 0 aromatic heterocycles. The number of esters is 1. The van der Waals surface area contributed by atoms with Gasteiger partial charge in [-0.1, -0.05) is 160 Å². The molecule has 0 aliphatic carbocycles. The topological polar surface area (TPSA) is 134 Å². The van der Waals surface area contributed by atoms with Crippen LogP contribution in [0.1, 0.15) is 200 Å². The highest BCUT2D eigenvalue weighted by atomic mass is 16.6. The number of aliphatic hydroxyl groups is 3. The fraction of sp³-hybridized carbons (Fsp3) is 0.905. The normalized spacial score (nSPS) is 18.9. The second kappa shape index (κ2) is 33.4. The Morgan fingerprint density at radius 3 is 1.48 bits per heavy atom. The van der Waals surface area contributed by atoms with Gasteiger partial charge in [-0.05, 0) is 44.9 Å². The molecule has 1 aliphatic heterocycles. The molecular weight excluding hydrogens is 632 g/mol. The van der Waals surface area contributed by atoms with Crippen molar-refractivity contribution in [3.8, 4) is 0 Å². The Morgan fingerprint density at radius 2 is 1.08 bits per heavy atom. The van der Waals surface area contributed by atoms with Crippen LogP contribution in [-0.2, 0) is 19.1 Å². The molecule has 0 amide bonds. The Labute approximate surface area is 306 Å². The summed E-state index contributed by atoms with van der Waals surface area (Å²) in [6.45, 7) is 1.79. The molecule has 5 atom stereocenters. The lowest BCUT2D eigenvalue weighted by Gasteiger charge is -2.26. The van der Waals surface area contributed by atoms with E-state index in [1.54, 1.807) is 0 Å². The van der Waals surface area contributed by atoms with E-state index >= 15 is 0 Å². The Kier molecular flexibility index (Phi) is 31.1. The minimum atomic E-state index is -1.17. The molecule has 1 heterocycles. The van der Waals surface area contributed by atoms with Gasteiger partial charge in [0.15, 0.2) is 6.10 Å². The second-order valence-electron chi connectivity index (χ2n) is 15.0. The van der Waals surface area contributed by atoms with Crippen LogP contribution in [0.5, 0.6) is 0 Å². The van der Waals surface area contributed by atoms with Gasteiger partial charge in [0.2, 0.25) is 0 Å². The summed E-state index contributed by atoms with van der Waals surface area (Å²) in [6, 6.07) is 0. The number of hydrogen-bond donors (Lipinski definition) is 4. The zero-order valence-corrected chi connectivity index (χ0v) is 32.1. The van der Waals surface area contributed by atoms with Crippen molar-refractivity contribution in [1.29, 1.82) is 0 Å². The van der Waals surface area contributed by atoms with Crippen LogP contribution in [0, 0.1) is 5.92 Å². The van der Waals surface area contributed by atoms with E-state index in [0.29, 0.717) is 0 Å². The zero-order valence-electron chi connectivity index (χ0n) is 32.1. The molecule has 8 nitrogen and oxygen atoms in total. The minimum absolute atomic E-state index is 0.0303. The van der Waals surface area contributed by atoms with E-state index in [1.807, 2.05) is 0 Å². The van der Waals surface area contributed by atoms with Gasteiger partial charge in [0.05, 0.1) is 19.1 Å². The second-order valence-corrected chi connectivity index (χ2v) is 15.0. The maximum atomic E-state index is 13.3. The average molecular weight is 711 g/mol. The van der Waals surface area contributed by atoms with E-state index in [1.165, 1.54) is 109 Å². The molecule has 8 heteroatoms. The average Bonchev–Trinajstić information content (AvgIpc) is 3.44. The van der Waals surface area contributed by atoms with Crippen molar-refractivity contribution in [2.24, 2.45) is 5.92 Å². The van der Waals surface area contributed by atoms with Crippen molar-refractivity contribution < 1.29 is 39.5 Å². The van der Waals surface area contributed by atoms with Gasteiger partial charge in [-0.15, -0.1) is 0 Å². The van der Waals surface area contributed by atoms with E-state index in [-0.39, 0.29) is 24.9 Å². The van der Waals surface area contributed by atoms with E-state index in [4.69, 9.17) is 14.6 Å². The standard InChI is InChI=1S/C42H78O8/c1-2-3-4-5-6-7-8-9-13-16-19-22-25-28-31-36(42(48)50-38(34-43)41-40(47)37(44)35-49-41)32-29-26-23-20-17-14-11-10-12-15-18-21-24-27-30-33-39(45)46/h10,12,36-38,40-41,43-44,47H,2-9,11,13-35H2,1H3,(H,45,46)/t36?,37-,38+,40+,41+/m0/s1. The quantitative estimate of drug-likeness (QED) is 0.0287. The van der Waals surface area contributed by atoms with E-state index in [0.717, 1.165) is 77.0 Å². The lowest BCUT2D eigenvalue weighted by molar-refractivity contribution is -0.168. The number of hydrogen-bond acceptors (Lipinski definition) is 7. The van der Waals surface area contributed by atoms with Gasteiger partial charge in [0, 0.05) is 6.42 Å². The molecule has 50 heavy (non-hydrogen) atoms. The molecular formula is C42H78O8.